The number of Topliss-reactive ketones (excluding diaryl/α,β-unsaturated/α-hetero) is 1. The zero-order valence-corrected chi connectivity index (χ0v) is 23.2. The third-order valence-corrected chi connectivity index (χ3v) is 10.3. The number of amides is 1. The molecule has 0 heterocycles. The topological polar surface area (TPSA) is 82.1 Å². The van der Waals surface area contributed by atoms with Crippen molar-refractivity contribution in [1.29, 1.82) is 0 Å². The summed E-state index contributed by atoms with van der Waals surface area (Å²) in [5.41, 5.74) is 0.0387. The normalized spacial score (nSPS) is 37.2. The molecule has 0 aromatic heterocycles. The van der Waals surface area contributed by atoms with E-state index in [-0.39, 0.29) is 35.8 Å². The Labute approximate surface area is 220 Å². The number of ketones is 2. The zero-order valence-electron chi connectivity index (χ0n) is 22.4. The number of allylic oxidation sites excluding steroid dienone is 1. The first-order chi connectivity index (χ1) is 17.0. The molecule has 0 N–H and O–H groups in total. The summed E-state index contributed by atoms with van der Waals surface area (Å²) in [6.45, 7) is 6.07. The SMILES string of the molecule is CCC(=S)O[C@]1(C(=O)COCOC(=O)N(C)C)CC[C@H]2[C@@H]3CCC4=CC(=O)CC[C@]4(C)[C@H]3CC[C@@]21C. The van der Waals surface area contributed by atoms with Gasteiger partial charge in [-0.2, -0.15) is 0 Å². The number of rotatable bonds is 7. The number of thiocarbonyl (C=S) groups is 1. The summed E-state index contributed by atoms with van der Waals surface area (Å²) in [5.74, 6) is 1.52. The average Bonchev–Trinajstić information content (AvgIpc) is 3.14. The van der Waals surface area contributed by atoms with Crippen molar-refractivity contribution in [3.8, 4) is 0 Å². The quantitative estimate of drug-likeness (QED) is 0.258. The lowest BCUT2D eigenvalue weighted by Gasteiger charge is -2.59. The first-order valence-corrected chi connectivity index (χ1v) is 13.8. The van der Waals surface area contributed by atoms with Gasteiger partial charge in [0.25, 0.3) is 0 Å². The summed E-state index contributed by atoms with van der Waals surface area (Å²) in [5, 5.41) is 0.456. The minimum Gasteiger partial charge on any atom is -0.472 e. The number of nitrogens with zero attached hydrogens (tertiary/aromatic N) is 1. The highest BCUT2D eigenvalue weighted by atomic mass is 32.1. The molecule has 6 atom stereocenters. The molecule has 0 aromatic rings. The Balaban J connectivity index is 1.56. The summed E-state index contributed by atoms with van der Waals surface area (Å²) in [6, 6.07) is 0. The summed E-state index contributed by atoms with van der Waals surface area (Å²) in [7, 11) is 3.18. The van der Waals surface area contributed by atoms with Crippen LogP contribution in [0.1, 0.15) is 78.6 Å². The number of fused-ring (bicyclic) bond motifs is 5. The van der Waals surface area contributed by atoms with Gasteiger partial charge in [0.1, 0.15) is 6.61 Å². The highest BCUT2D eigenvalue weighted by Crippen LogP contribution is 2.68. The molecule has 4 aliphatic carbocycles. The molecule has 0 saturated heterocycles. The molecule has 8 heteroatoms. The molecule has 36 heavy (non-hydrogen) atoms. The molecule has 0 bridgehead atoms. The van der Waals surface area contributed by atoms with Crippen LogP contribution in [0.15, 0.2) is 11.6 Å². The average molecular weight is 520 g/mol. The van der Waals surface area contributed by atoms with Crippen LogP contribution >= 0.6 is 12.2 Å². The molecule has 200 valence electrons. The second kappa shape index (κ2) is 10.2. The maximum Gasteiger partial charge on any atom is 0.411 e. The molecule has 0 aromatic carbocycles. The zero-order chi connectivity index (χ0) is 26.3. The predicted molar refractivity (Wildman–Crippen MR) is 139 cm³/mol. The van der Waals surface area contributed by atoms with Crippen molar-refractivity contribution in [2.45, 2.75) is 84.2 Å². The van der Waals surface area contributed by atoms with Crippen LogP contribution in [0, 0.1) is 28.6 Å². The Morgan fingerprint density at radius 1 is 1.08 bits per heavy atom. The lowest BCUT2D eigenvalue weighted by atomic mass is 9.46. The maximum absolute atomic E-state index is 13.8. The van der Waals surface area contributed by atoms with Crippen LogP contribution in [0.4, 0.5) is 4.79 Å². The van der Waals surface area contributed by atoms with Crippen molar-refractivity contribution in [1.82, 2.24) is 4.90 Å². The smallest absolute Gasteiger partial charge is 0.411 e. The summed E-state index contributed by atoms with van der Waals surface area (Å²) < 4.78 is 17.0. The highest BCUT2D eigenvalue weighted by Gasteiger charge is 2.68. The fourth-order valence-corrected chi connectivity index (χ4v) is 8.12. The Kier molecular flexibility index (Phi) is 7.69. The van der Waals surface area contributed by atoms with Gasteiger partial charge in [0.2, 0.25) is 5.78 Å². The molecular weight excluding hydrogens is 478 g/mol. The first-order valence-electron chi connectivity index (χ1n) is 13.4. The van der Waals surface area contributed by atoms with Crippen LogP contribution in [0.25, 0.3) is 0 Å². The van der Waals surface area contributed by atoms with Gasteiger partial charge in [0.15, 0.2) is 23.2 Å². The molecule has 7 nitrogen and oxygen atoms in total. The fourth-order valence-electron chi connectivity index (χ4n) is 7.98. The lowest BCUT2D eigenvalue weighted by molar-refractivity contribution is -0.165. The van der Waals surface area contributed by atoms with Crippen LogP contribution in [-0.4, -0.2) is 60.7 Å². The highest BCUT2D eigenvalue weighted by molar-refractivity contribution is 7.80. The number of ether oxygens (including phenoxy) is 3. The lowest BCUT2D eigenvalue weighted by Crippen LogP contribution is -2.59. The van der Waals surface area contributed by atoms with E-state index in [2.05, 4.69) is 13.8 Å². The molecule has 0 aliphatic heterocycles. The van der Waals surface area contributed by atoms with Gasteiger partial charge in [-0.15, -0.1) is 0 Å². The molecule has 1 amide bonds. The van der Waals surface area contributed by atoms with Crippen molar-refractivity contribution in [2.75, 3.05) is 27.5 Å². The largest absolute Gasteiger partial charge is 0.472 e. The number of hydrogen-bond acceptors (Lipinski definition) is 7. The van der Waals surface area contributed by atoms with Crippen molar-refractivity contribution in [3.63, 3.8) is 0 Å². The molecular formula is C28H41NO6S. The second-order valence-electron chi connectivity index (χ2n) is 11.8. The van der Waals surface area contributed by atoms with Gasteiger partial charge in [-0.1, -0.05) is 26.3 Å². The van der Waals surface area contributed by atoms with Crippen LogP contribution in [0.3, 0.4) is 0 Å². The maximum atomic E-state index is 13.8. The Morgan fingerprint density at radius 2 is 1.81 bits per heavy atom. The standard InChI is InChI=1S/C28H41NO6S/c1-6-24(36)35-28(23(31)16-33-17-34-25(32)29(4)5)14-11-22-20-8-7-18-15-19(30)9-12-26(18,2)21(20)10-13-27(22,28)3/h15,20-22H,6-14,16-17H2,1-5H3/t20-,21+,22+,26+,27+,28+/m1/s1. The minimum atomic E-state index is -1.03. The number of carbonyl (C=O) groups excluding carboxylic acids is 3. The van der Waals surface area contributed by atoms with Crippen LogP contribution in [0.2, 0.25) is 0 Å². The molecule has 0 radical (unpaired) electrons. The van der Waals surface area contributed by atoms with E-state index < -0.39 is 11.7 Å². The fraction of sp³-hybridized carbons (Fsp3) is 0.786. The van der Waals surface area contributed by atoms with E-state index in [0.29, 0.717) is 42.1 Å². The van der Waals surface area contributed by atoms with E-state index in [1.54, 1.807) is 14.1 Å². The second-order valence-corrected chi connectivity index (χ2v) is 12.3. The molecule has 0 spiro atoms. The van der Waals surface area contributed by atoms with Crippen LogP contribution in [0.5, 0.6) is 0 Å². The Bertz CT molecular complexity index is 962. The van der Waals surface area contributed by atoms with Crippen molar-refractivity contribution >= 4 is 34.9 Å². The van der Waals surface area contributed by atoms with Gasteiger partial charge in [-0.3, -0.25) is 9.59 Å². The number of hydrogen-bond donors (Lipinski definition) is 0. The van der Waals surface area contributed by atoms with E-state index in [9.17, 15) is 14.4 Å². The van der Waals surface area contributed by atoms with E-state index >= 15 is 0 Å². The van der Waals surface area contributed by atoms with E-state index in [1.807, 2.05) is 13.0 Å². The van der Waals surface area contributed by atoms with Crippen LogP contribution in [-0.2, 0) is 23.8 Å². The summed E-state index contributed by atoms with van der Waals surface area (Å²) >= 11 is 5.52. The van der Waals surface area contributed by atoms with E-state index in [4.69, 9.17) is 26.4 Å². The summed E-state index contributed by atoms with van der Waals surface area (Å²) in [4.78, 5) is 39.0. The minimum absolute atomic E-state index is 0.0758. The molecule has 3 saturated carbocycles. The summed E-state index contributed by atoms with van der Waals surface area (Å²) in [6.07, 6.45) is 8.99. The molecule has 0 unspecified atom stereocenters. The molecule has 3 fully saturated rings. The first kappa shape index (κ1) is 27.2. The van der Waals surface area contributed by atoms with Crippen LogP contribution < -0.4 is 0 Å². The van der Waals surface area contributed by atoms with Gasteiger partial charge >= 0.3 is 6.09 Å². The van der Waals surface area contributed by atoms with Gasteiger partial charge in [0.05, 0.1) is 0 Å². The van der Waals surface area contributed by atoms with Gasteiger partial charge in [-0.25, -0.2) is 4.79 Å². The monoisotopic (exact) mass is 519 g/mol. The van der Waals surface area contributed by atoms with E-state index in [1.165, 1.54) is 10.5 Å². The van der Waals surface area contributed by atoms with Crippen molar-refractivity contribution < 1.29 is 28.6 Å². The van der Waals surface area contributed by atoms with Gasteiger partial charge < -0.3 is 19.1 Å². The third kappa shape index (κ3) is 4.42. The molecule has 4 rings (SSSR count). The number of carbonyl (C=O) groups is 3. The third-order valence-electron chi connectivity index (χ3n) is 9.97. The van der Waals surface area contributed by atoms with Crippen molar-refractivity contribution in [3.05, 3.63) is 11.6 Å². The Hall–Kier alpha value is -1.80. The van der Waals surface area contributed by atoms with E-state index in [0.717, 1.165) is 38.5 Å². The van der Waals surface area contributed by atoms with Gasteiger partial charge in [0, 0.05) is 32.4 Å². The van der Waals surface area contributed by atoms with Crippen molar-refractivity contribution in [2.24, 2.45) is 28.6 Å². The molecule has 4 aliphatic rings. The Morgan fingerprint density at radius 3 is 2.50 bits per heavy atom. The predicted octanol–water partition coefficient (Wildman–Crippen LogP) is 5.25. The van der Waals surface area contributed by atoms with Gasteiger partial charge in [-0.05, 0) is 86.4 Å².